The number of nitroso groups, excluding NO2 is 1. The minimum Gasteiger partial charge on any atom is -0.374 e. The maximum atomic E-state index is 11.8. The van der Waals surface area contributed by atoms with Gasteiger partial charge >= 0.3 is 0 Å². The highest BCUT2D eigenvalue weighted by Crippen LogP contribution is 2.37. The maximum Gasteiger partial charge on any atom is 0.269 e. The number of nitrogens with one attached hydrogen (secondary N) is 1. The molecule has 0 fully saturated rings. The molecule has 0 spiro atoms. The lowest BCUT2D eigenvalue weighted by Crippen LogP contribution is -2.13. The van der Waals surface area contributed by atoms with Crippen molar-refractivity contribution < 1.29 is 4.92 Å². The van der Waals surface area contributed by atoms with Crippen molar-refractivity contribution in [2.75, 3.05) is 5.32 Å². The summed E-state index contributed by atoms with van der Waals surface area (Å²) in [5, 5.41) is 18.4. The molecule has 29 heavy (non-hydrogen) atoms. The highest BCUT2D eigenvalue weighted by Gasteiger charge is 2.21. The second-order valence-corrected chi connectivity index (χ2v) is 6.46. The summed E-state index contributed by atoms with van der Waals surface area (Å²) < 4.78 is 0. The maximum absolute atomic E-state index is 11.8. The van der Waals surface area contributed by atoms with Crippen molar-refractivity contribution in [2.24, 2.45) is 5.18 Å². The molecule has 3 aromatic carbocycles. The minimum absolute atomic E-state index is 0.0111. The van der Waals surface area contributed by atoms with Crippen LogP contribution in [0.25, 0.3) is 10.9 Å². The molecule has 4 aromatic rings. The molecule has 0 radical (unpaired) electrons. The van der Waals surface area contributed by atoms with Gasteiger partial charge in [-0.05, 0) is 28.9 Å². The predicted octanol–water partition coefficient (Wildman–Crippen LogP) is 5.74. The van der Waals surface area contributed by atoms with E-state index in [4.69, 9.17) is 0 Å². The van der Waals surface area contributed by atoms with Crippen LogP contribution in [0.5, 0.6) is 0 Å². The van der Waals surface area contributed by atoms with Crippen LogP contribution in [0, 0.1) is 15.0 Å². The zero-order valence-corrected chi connectivity index (χ0v) is 15.2. The first kappa shape index (κ1) is 18.2. The standard InChI is InChI=1S/C22H16N4O3/c27-25-22-19(13-8-16-7-4-14-23-21(16)22)20(15-5-2-1-3-6-15)24-17-9-11-18(12-10-17)26(28)29/h1-14,20,24H. The normalized spacial score (nSPS) is 11.7. The van der Waals surface area contributed by atoms with Gasteiger partial charge in [0.25, 0.3) is 5.69 Å². The van der Waals surface area contributed by atoms with Crippen molar-refractivity contribution in [1.82, 2.24) is 4.98 Å². The molecule has 0 saturated carbocycles. The Kier molecular flexibility index (Phi) is 4.94. The van der Waals surface area contributed by atoms with E-state index in [1.165, 1.54) is 12.1 Å². The lowest BCUT2D eigenvalue weighted by molar-refractivity contribution is -0.384. The van der Waals surface area contributed by atoms with Gasteiger partial charge in [0.05, 0.1) is 16.5 Å². The van der Waals surface area contributed by atoms with Gasteiger partial charge in [-0.25, -0.2) is 0 Å². The topological polar surface area (TPSA) is 97.5 Å². The van der Waals surface area contributed by atoms with Gasteiger partial charge in [-0.3, -0.25) is 15.1 Å². The van der Waals surface area contributed by atoms with Crippen LogP contribution in [0.3, 0.4) is 0 Å². The van der Waals surface area contributed by atoms with Crippen molar-refractivity contribution in [3.8, 4) is 0 Å². The lowest BCUT2D eigenvalue weighted by Gasteiger charge is -2.22. The monoisotopic (exact) mass is 384 g/mol. The Morgan fingerprint density at radius 1 is 0.931 bits per heavy atom. The van der Waals surface area contributed by atoms with E-state index in [0.29, 0.717) is 16.8 Å². The molecule has 1 heterocycles. The molecule has 7 heteroatoms. The average Bonchev–Trinajstić information content (AvgIpc) is 2.77. The quantitative estimate of drug-likeness (QED) is 0.260. The van der Waals surface area contributed by atoms with Crippen LogP contribution in [-0.4, -0.2) is 9.91 Å². The Bertz CT molecular complexity index is 1180. The molecule has 0 saturated heterocycles. The van der Waals surface area contributed by atoms with Crippen LogP contribution in [0.4, 0.5) is 17.1 Å². The Balaban J connectivity index is 1.82. The molecule has 142 valence electrons. The van der Waals surface area contributed by atoms with Gasteiger partial charge in [0.1, 0.15) is 5.69 Å². The van der Waals surface area contributed by atoms with E-state index in [1.807, 2.05) is 48.5 Å². The van der Waals surface area contributed by atoms with E-state index in [1.54, 1.807) is 24.4 Å². The fraction of sp³-hybridized carbons (Fsp3) is 0.0455. The smallest absolute Gasteiger partial charge is 0.269 e. The molecule has 1 atom stereocenters. The molecule has 0 amide bonds. The molecule has 0 aliphatic rings. The van der Waals surface area contributed by atoms with Gasteiger partial charge in [-0.2, -0.15) is 0 Å². The minimum atomic E-state index is -0.443. The first-order valence-electron chi connectivity index (χ1n) is 8.94. The summed E-state index contributed by atoms with van der Waals surface area (Å²) in [5.74, 6) is 0. The third kappa shape index (κ3) is 3.66. The molecular formula is C22H16N4O3. The average molecular weight is 384 g/mol. The first-order valence-corrected chi connectivity index (χ1v) is 8.94. The molecule has 0 aliphatic heterocycles. The number of rotatable bonds is 6. The molecule has 1 N–H and O–H groups in total. The summed E-state index contributed by atoms with van der Waals surface area (Å²) in [6.07, 6.45) is 1.63. The van der Waals surface area contributed by atoms with Gasteiger partial charge < -0.3 is 5.32 Å². The van der Waals surface area contributed by atoms with Crippen molar-refractivity contribution in [3.63, 3.8) is 0 Å². The zero-order chi connectivity index (χ0) is 20.2. The molecule has 4 rings (SSSR count). The van der Waals surface area contributed by atoms with E-state index in [2.05, 4.69) is 15.5 Å². The summed E-state index contributed by atoms with van der Waals surface area (Å²) in [7, 11) is 0. The van der Waals surface area contributed by atoms with Crippen LogP contribution in [0.1, 0.15) is 17.2 Å². The van der Waals surface area contributed by atoms with Gasteiger partial charge in [-0.1, -0.05) is 48.5 Å². The number of fused-ring (bicyclic) bond motifs is 1. The second kappa shape index (κ2) is 7.85. The van der Waals surface area contributed by atoms with E-state index >= 15 is 0 Å². The van der Waals surface area contributed by atoms with Crippen LogP contribution in [-0.2, 0) is 0 Å². The summed E-state index contributed by atoms with van der Waals surface area (Å²) in [6.45, 7) is 0. The van der Waals surface area contributed by atoms with Gasteiger partial charge in [0.15, 0.2) is 0 Å². The summed E-state index contributed by atoms with van der Waals surface area (Å²) >= 11 is 0. The number of aromatic nitrogens is 1. The number of anilines is 1. The SMILES string of the molecule is O=Nc1c(C(Nc2ccc([N+](=O)[O-])cc2)c2ccccc2)ccc2cccnc12. The number of nitro benzene ring substituents is 1. The molecule has 1 unspecified atom stereocenters. The predicted molar refractivity (Wildman–Crippen MR) is 112 cm³/mol. The number of hydrogen-bond acceptors (Lipinski definition) is 6. The third-order valence-corrected chi connectivity index (χ3v) is 4.70. The number of hydrogen-bond donors (Lipinski definition) is 1. The fourth-order valence-electron chi connectivity index (χ4n) is 3.31. The Morgan fingerprint density at radius 3 is 2.38 bits per heavy atom. The van der Waals surface area contributed by atoms with Crippen LogP contribution >= 0.6 is 0 Å². The number of nitro groups is 1. The molecular weight excluding hydrogens is 368 g/mol. The van der Waals surface area contributed by atoms with Gasteiger partial charge in [0.2, 0.25) is 0 Å². The Labute approximate surface area is 166 Å². The highest BCUT2D eigenvalue weighted by atomic mass is 16.6. The zero-order valence-electron chi connectivity index (χ0n) is 15.2. The first-order chi connectivity index (χ1) is 14.2. The third-order valence-electron chi connectivity index (χ3n) is 4.70. The summed E-state index contributed by atoms with van der Waals surface area (Å²) in [5.41, 5.74) is 3.10. The van der Waals surface area contributed by atoms with Crippen molar-refractivity contribution in [2.45, 2.75) is 6.04 Å². The Hall–Kier alpha value is -4.13. The highest BCUT2D eigenvalue weighted by molar-refractivity contribution is 5.91. The Morgan fingerprint density at radius 2 is 1.69 bits per heavy atom. The number of pyridine rings is 1. The van der Waals surface area contributed by atoms with Crippen LogP contribution in [0.15, 0.2) is 90.2 Å². The van der Waals surface area contributed by atoms with Gasteiger partial charge in [0, 0.05) is 35.0 Å². The molecule has 0 aliphatic carbocycles. The molecule has 7 nitrogen and oxygen atoms in total. The van der Waals surface area contributed by atoms with Gasteiger partial charge in [-0.15, -0.1) is 4.91 Å². The van der Waals surface area contributed by atoms with Crippen molar-refractivity contribution in [3.05, 3.63) is 111 Å². The van der Waals surface area contributed by atoms with Crippen LogP contribution in [0.2, 0.25) is 0 Å². The lowest BCUT2D eigenvalue weighted by atomic mass is 9.95. The number of nitrogens with zero attached hydrogens (tertiary/aromatic N) is 3. The van der Waals surface area contributed by atoms with Crippen molar-refractivity contribution in [1.29, 1.82) is 0 Å². The number of non-ortho nitro benzene ring substituents is 1. The van der Waals surface area contributed by atoms with E-state index < -0.39 is 11.0 Å². The number of benzene rings is 3. The molecule has 0 bridgehead atoms. The largest absolute Gasteiger partial charge is 0.374 e. The van der Waals surface area contributed by atoms with Crippen LogP contribution < -0.4 is 5.32 Å². The van der Waals surface area contributed by atoms with E-state index in [0.717, 1.165) is 10.9 Å². The van der Waals surface area contributed by atoms with E-state index in [-0.39, 0.29) is 11.4 Å². The fourth-order valence-corrected chi connectivity index (χ4v) is 3.31. The summed E-state index contributed by atoms with van der Waals surface area (Å²) in [6, 6.07) is 22.8. The molecule has 1 aromatic heterocycles. The second-order valence-electron chi connectivity index (χ2n) is 6.46. The summed E-state index contributed by atoms with van der Waals surface area (Å²) in [4.78, 5) is 26.6. The van der Waals surface area contributed by atoms with E-state index in [9.17, 15) is 15.0 Å². The van der Waals surface area contributed by atoms with Crippen molar-refractivity contribution >= 4 is 28.0 Å².